The first-order chi connectivity index (χ1) is 16.5. The molecule has 0 aromatic heterocycles. The number of amides is 1. The number of para-hydroxylation sites is 1. The van der Waals surface area contributed by atoms with Crippen molar-refractivity contribution in [1.29, 1.82) is 0 Å². The van der Waals surface area contributed by atoms with E-state index in [1.54, 1.807) is 17.0 Å². The number of aliphatic imine (C=N–C) groups is 1. The van der Waals surface area contributed by atoms with Gasteiger partial charge in [-0.05, 0) is 37.5 Å². The summed E-state index contributed by atoms with van der Waals surface area (Å²) in [6, 6.07) is 23.5. The van der Waals surface area contributed by atoms with Gasteiger partial charge in [-0.2, -0.15) is 0 Å². The molecule has 1 unspecified atom stereocenters. The van der Waals surface area contributed by atoms with E-state index in [0.717, 1.165) is 41.8 Å². The van der Waals surface area contributed by atoms with Gasteiger partial charge < -0.3 is 9.64 Å². The molecular formula is C27H27N3O4. The van der Waals surface area contributed by atoms with Crippen LogP contribution in [0.25, 0.3) is 0 Å². The third kappa shape index (κ3) is 5.31. The number of hydrogen-bond acceptors (Lipinski definition) is 5. The molecule has 0 saturated carbocycles. The fourth-order valence-electron chi connectivity index (χ4n) is 4.07. The van der Waals surface area contributed by atoms with Crippen molar-refractivity contribution in [3.63, 3.8) is 0 Å². The zero-order valence-electron chi connectivity index (χ0n) is 19.1. The third-order valence-corrected chi connectivity index (χ3v) is 5.91. The smallest absolute Gasteiger partial charge is 0.269 e. The van der Waals surface area contributed by atoms with E-state index in [-0.39, 0.29) is 11.6 Å². The molecule has 174 valence electrons. The molecule has 0 saturated heterocycles. The Labute approximate surface area is 198 Å². The van der Waals surface area contributed by atoms with Crippen molar-refractivity contribution in [2.75, 3.05) is 18.6 Å². The van der Waals surface area contributed by atoms with Gasteiger partial charge in [-0.1, -0.05) is 55.0 Å². The first-order valence-corrected chi connectivity index (χ1v) is 11.4. The molecule has 0 N–H and O–H groups in total. The molecule has 0 bridgehead atoms. The van der Waals surface area contributed by atoms with Gasteiger partial charge in [0.05, 0.1) is 22.9 Å². The number of nitrogens with zero attached hydrogens (tertiary/aromatic N) is 3. The fourth-order valence-corrected chi connectivity index (χ4v) is 4.07. The molecule has 0 radical (unpaired) electrons. The summed E-state index contributed by atoms with van der Waals surface area (Å²) in [6.45, 7) is 0.514. The number of carbonyl (C=O) groups is 1. The average molecular weight is 458 g/mol. The van der Waals surface area contributed by atoms with E-state index in [4.69, 9.17) is 9.73 Å². The first kappa shape index (κ1) is 23.2. The second-order valence-electron chi connectivity index (χ2n) is 8.22. The number of nitro benzene ring substituents is 1. The minimum absolute atomic E-state index is 0.000473. The lowest BCUT2D eigenvalue weighted by molar-refractivity contribution is -0.384. The zero-order valence-corrected chi connectivity index (χ0v) is 19.1. The predicted octanol–water partition coefficient (Wildman–Crippen LogP) is 5.42. The van der Waals surface area contributed by atoms with Gasteiger partial charge in [0.1, 0.15) is 11.8 Å². The van der Waals surface area contributed by atoms with Gasteiger partial charge in [-0.3, -0.25) is 19.9 Å². The van der Waals surface area contributed by atoms with E-state index in [1.807, 2.05) is 61.6 Å². The van der Waals surface area contributed by atoms with Gasteiger partial charge in [0.25, 0.3) is 11.6 Å². The molecule has 4 rings (SSSR count). The van der Waals surface area contributed by atoms with Crippen LogP contribution in [0, 0.1) is 10.1 Å². The van der Waals surface area contributed by atoms with Crippen molar-refractivity contribution in [2.45, 2.75) is 31.7 Å². The molecule has 0 fully saturated rings. The number of non-ortho nitro benzene ring substituents is 1. The Morgan fingerprint density at radius 2 is 1.65 bits per heavy atom. The summed E-state index contributed by atoms with van der Waals surface area (Å²) in [5.74, 6) is 0.613. The topological polar surface area (TPSA) is 85.0 Å². The van der Waals surface area contributed by atoms with Gasteiger partial charge in [-0.15, -0.1) is 0 Å². The molecule has 0 aliphatic carbocycles. The van der Waals surface area contributed by atoms with Crippen LogP contribution in [0.15, 0.2) is 83.9 Å². The van der Waals surface area contributed by atoms with Gasteiger partial charge in [0.2, 0.25) is 0 Å². The van der Waals surface area contributed by atoms with Crippen LogP contribution < -0.4 is 9.64 Å². The van der Waals surface area contributed by atoms with Crippen molar-refractivity contribution < 1.29 is 14.5 Å². The number of nitro groups is 1. The number of benzene rings is 3. The molecule has 3 aromatic rings. The molecular weight excluding hydrogens is 430 g/mol. The van der Waals surface area contributed by atoms with Crippen molar-refractivity contribution in [1.82, 2.24) is 0 Å². The van der Waals surface area contributed by atoms with Gasteiger partial charge in [-0.25, -0.2) is 0 Å². The molecule has 7 heteroatoms. The predicted molar refractivity (Wildman–Crippen MR) is 133 cm³/mol. The molecule has 1 atom stereocenters. The van der Waals surface area contributed by atoms with Gasteiger partial charge >= 0.3 is 0 Å². The molecule has 1 aliphatic rings. The first-order valence-electron chi connectivity index (χ1n) is 11.4. The van der Waals surface area contributed by atoms with Crippen molar-refractivity contribution in [2.24, 2.45) is 4.99 Å². The lowest BCUT2D eigenvalue weighted by Gasteiger charge is -2.20. The fraction of sp³-hybridized carbons (Fsp3) is 0.259. The van der Waals surface area contributed by atoms with Crippen LogP contribution in [0.3, 0.4) is 0 Å². The van der Waals surface area contributed by atoms with Crippen LogP contribution >= 0.6 is 0 Å². The number of benzodiazepines with no additional fused rings is 1. The maximum Gasteiger partial charge on any atom is 0.269 e. The minimum atomic E-state index is -0.441. The third-order valence-electron chi connectivity index (χ3n) is 5.91. The normalized spacial score (nSPS) is 15.3. The van der Waals surface area contributed by atoms with Crippen LogP contribution in [0.5, 0.6) is 5.75 Å². The van der Waals surface area contributed by atoms with Crippen LogP contribution in [0.2, 0.25) is 0 Å². The number of hydrogen-bond donors (Lipinski definition) is 0. The summed E-state index contributed by atoms with van der Waals surface area (Å²) in [6.07, 6.45) is 3.22. The van der Waals surface area contributed by atoms with E-state index in [2.05, 4.69) is 0 Å². The van der Waals surface area contributed by atoms with Crippen LogP contribution in [-0.2, 0) is 4.79 Å². The number of fused-ring (bicyclic) bond motifs is 1. The number of carbonyl (C=O) groups excluding carboxylic acids is 1. The van der Waals surface area contributed by atoms with Crippen molar-refractivity contribution in [3.8, 4) is 5.75 Å². The number of rotatable bonds is 9. The summed E-state index contributed by atoms with van der Waals surface area (Å²) >= 11 is 0. The minimum Gasteiger partial charge on any atom is -0.494 e. The quantitative estimate of drug-likeness (QED) is 0.244. The van der Waals surface area contributed by atoms with Crippen molar-refractivity contribution in [3.05, 3.63) is 100 Å². The Morgan fingerprint density at radius 3 is 2.38 bits per heavy atom. The Morgan fingerprint density at radius 1 is 0.941 bits per heavy atom. The van der Waals surface area contributed by atoms with Crippen LogP contribution in [-0.4, -0.2) is 36.2 Å². The van der Waals surface area contributed by atoms with Crippen LogP contribution in [0.4, 0.5) is 11.4 Å². The molecule has 7 nitrogen and oxygen atoms in total. The van der Waals surface area contributed by atoms with E-state index < -0.39 is 11.0 Å². The molecule has 1 heterocycles. The summed E-state index contributed by atoms with van der Waals surface area (Å²) in [5.41, 5.74) is 3.72. The molecule has 1 aliphatic heterocycles. The Hall–Kier alpha value is -4.00. The van der Waals surface area contributed by atoms with E-state index in [0.29, 0.717) is 18.8 Å². The largest absolute Gasteiger partial charge is 0.494 e. The monoisotopic (exact) mass is 457 g/mol. The highest BCUT2D eigenvalue weighted by Crippen LogP contribution is 2.28. The van der Waals surface area contributed by atoms with Crippen LogP contribution in [0.1, 0.15) is 36.8 Å². The maximum atomic E-state index is 13.2. The average Bonchev–Trinajstić information content (AvgIpc) is 2.97. The number of unbranched alkanes of at least 4 members (excludes halogenated alkanes) is 2. The molecule has 34 heavy (non-hydrogen) atoms. The number of ether oxygens (including phenoxy) is 1. The summed E-state index contributed by atoms with van der Waals surface area (Å²) in [4.78, 5) is 30.2. The lowest BCUT2D eigenvalue weighted by atomic mass is 10.0. The highest BCUT2D eigenvalue weighted by atomic mass is 16.6. The standard InChI is InChI=1S/C27H27N3O4/c1-29-25-14-8-7-12-23(25)26(20-10-4-2-5-11-20)28-24(27(29)31)13-6-3-9-19-34-22-17-15-21(16-18-22)30(32)33/h2,4-5,7-8,10-12,14-18,24H,3,6,9,13,19H2,1H3. The Balaban J connectivity index is 1.37. The van der Waals surface area contributed by atoms with E-state index in [1.165, 1.54) is 12.1 Å². The number of anilines is 1. The zero-order chi connectivity index (χ0) is 23.9. The second kappa shape index (κ2) is 10.7. The Bertz CT molecular complexity index is 1180. The summed E-state index contributed by atoms with van der Waals surface area (Å²) < 4.78 is 5.68. The summed E-state index contributed by atoms with van der Waals surface area (Å²) in [7, 11) is 1.82. The van der Waals surface area contributed by atoms with E-state index >= 15 is 0 Å². The second-order valence-corrected chi connectivity index (χ2v) is 8.22. The SMILES string of the molecule is CN1C(=O)C(CCCCCOc2ccc([N+](=O)[O-])cc2)N=C(c2ccccc2)c2ccccc21. The van der Waals surface area contributed by atoms with Gasteiger partial charge in [0.15, 0.2) is 0 Å². The van der Waals surface area contributed by atoms with E-state index in [9.17, 15) is 14.9 Å². The summed E-state index contributed by atoms with van der Waals surface area (Å²) in [5, 5.41) is 10.7. The molecule has 0 spiro atoms. The Kier molecular flexibility index (Phi) is 7.32. The lowest BCUT2D eigenvalue weighted by Crippen LogP contribution is -2.34. The molecule has 1 amide bonds. The van der Waals surface area contributed by atoms with Gasteiger partial charge in [0, 0.05) is 30.3 Å². The number of likely N-dealkylation sites (N-methyl/N-ethyl adjacent to an activating group) is 1. The highest BCUT2D eigenvalue weighted by molar-refractivity contribution is 6.20. The van der Waals surface area contributed by atoms with Crippen molar-refractivity contribution >= 4 is 23.0 Å². The molecule has 3 aromatic carbocycles. The maximum absolute atomic E-state index is 13.2. The highest BCUT2D eigenvalue weighted by Gasteiger charge is 2.29.